The van der Waals surface area contributed by atoms with Gasteiger partial charge in [0, 0.05) is 18.3 Å². The van der Waals surface area contributed by atoms with E-state index in [4.69, 9.17) is 0 Å². The molecular formula is C20H21N3O3+2. The Morgan fingerprint density at radius 3 is 2.62 bits per heavy atom. The molecule has 0 aliphatic carbocycles. The molecule has 1 aliphatic rings. The van der Waals surface area contributed by atoms with Crippen molar-refractivity contribution in [1.29, 1.82) is 0 Å². The maximum Gasteiger partial charge on any atom is 0.632 e. The fraction of sp³-hybridized carbons (Fsp3) is 0.250. The third kappa shape index (κ3) is 2.45. The Balaban J connectivity index is 1.77. The van der Waals surface area contributed by atoms with Gasteiger partial charge in [-0.25, -0.2) is 0 Å². The zero-order valence-corrected chi connectivity index (χ0v) is 14.6. The van der Waals surface area contributed by atoms with Crippen molar-refractivity contribution in [2.24, 2.45) is 0 Å². The van der Waals surface area contributed by atoms with Gasteiger partial charge in [-0.3, -0.25) is 4.79 Å². The van der Waals surface area contributed by atoms with E-state index in [1.807, 2.05) is 43.3 Å². The summed E-state index contributed by atoms with van der Waals surface area (Å²) in [5.74, 6) is -0.0930. The molecule has 0 saturated carbocycles. The number of carbonyl (C=O) groups is 1. The molecule has 4 rings (SSSR count). The van der Waals surface area contributed by atoms with E-state index in [2.05, 4.69) is 0 Å². The van der Waals surface area contributed by atoms with Crippen molar-refractivity contribution in [3.05, 3.63) is 54.1 Å². The van der Waals surface area contributed by atoms with Crippen LogP contribution >= 0.6 is 0 Å². The minimum Gasteiger partial charge on any atom is -0.459 e. The van der Waals surface area contributed by atoms with Crippen LogP contribution in [0.15, 0.2) is 48.5 Å². The largest absolute Gasteiger partial charge is 0.632 e. The van der Waals surface area contributed by atoms with Gasteiger partial charge in [0.25, 0.3) is 5.91 Å². The third-order valence-electron chi connectivity index (χ3n) is 4.97. The monoisotopic (exact) mass is 351 g/mol. The van der Waals surface area contributed by atoms with E-state index in [-0.39, 0.29) is 24.3 Å². The van der Waals surface area contributed by atoms with Gasteiger partial charge in [-0.15, -0.1) is 0 Å². The second kappa shape index (κ2) is 6.29. The molecule has 0 spiro atoms. The van der Waals surface area contributed by atoms with Gasteiger partial charge in [-0.1, -0.05) is 39.5 Å². The molecule has 1 aliphatic heterocycles. The van der Waals surface area contributed by atoms with Crippen LogP contribution in [0.5, 0.6) is 11.9 Å². The van der Waals surface area contributed by atoms with Crippen molar-refractivity contribution in [2.45, 2.75) is 26.4 Å². The van der Waals surface area contributed by atoms with Gasteiger partial charge >= 0.3 is 11.9 Å². The number of amides is 1. The summed E-state index contributed by atoms with van der Waals surface area (Å²) in [6.45, 7) is 2.87. The van der Waals surface area contributed by atoms with Crippen LogP contribution in [0.3, 0.4) is 0 Å². The molecule has 1 amide bonds. The molecule has 2 heterocycles. The second-order valence-electron chi connectivity index (χ2n) is 6.40. The van der Waals surface area contributed by atoms with Crippen LogP contribution in [-0.2, 0) is 24.3 Å². The third-order valence-corrected chi connectivity index (χ3v) is 4.97. The highest BCUT2D eigenvalue weighted by atomic mass is 16.3. The average molecular weight is 351 g/mol. The van der Waals surface area contributed by atoms with E-state index < -0.39 is 0 Å². The summed E-state index contributed by atoms with van der Waals surface area (Å²) in [5.41, 5.74) is 2.71. The molecule has 0 fully saturated rings. The summed E-state index contributed by atoms with van der Waals surface area (Å²) in [5, 5.41) is 21.7. The van der Waals surface area contributed by atoms with Crippen LogP contribution in [0.4, 0.5) is 5.69 Å². The first-order chi connectivity index (χ1) is 12.6. The highest BCUT2D eigenvalue weighted by Gasteiger charge is 2.36. The smallest absolute Gasteiger partial charge is 0.459 e. The van der Waals surface area contributed by atoms with E-state index in [1.165, 1.54) is 4.57 Å². The second-order valence-corrected chi connectivity index (χ2v) is 6.40. The lowest BCUT2D eigenvalue weighted by molar-refractivity contribution is -0.815. The highest BCUT2D eigenvalue weighted by Crippen LogP contribution is 2.27. The summed E-state index contributed by atoms with van der Waals surface area (Å²) in [6, 6.07) is 15.0. The topological polar surface area (TPSA) is 68.5 Å². The van der Waals surface area contributed by atoms with Crippen molar-refractivity contribution in [3.8, 4) is 11.9 Å². The van der Waals surface area contributed by atoms with E-state index in [0.29, 0.717) is 24.0 Å². The number of hydrogen-bond donors (Lipinski definition) is 2. The van der Waals surface area contributed by atoms with Gasteiger partial charge in [-0.05, 0) is 31.0 Å². The molecule has 2 N–H and O–H groups in total. The minimum absolute atomic E-state index is 0.000953. The maximum atomic E-state index is 13.0. The predicted molar refractivity (Wildman–Crippen MR) is 95.8 cm³/mol. The minimum atomic E-state index is -0.135. The van der Waals surface area contributed by atoms with Crippen molar-refractivity contribution in [1.82, 2.24) is 0 Å². The zero-order chi connectivity index (χ0) is 18.3. The number of carbonyl (C=O) groups excluding carboxylic acids is 1. The van der Waals surface area contributed by atoms with E-state index in [9.17, 15) is 15.0 Å². The molecule has 0 atom stereocenters. The number of aromatic nitrogens is 2. The highest BCUT2D eigenvalue weighted by molar-refractivity contribution is 5.94. The first-order valence-electron chi connectivity index (χ1n) is 8.76. The first-order valence-corrected chi connectivity index (χ1v) is 8.76. The van der Waals surface area contributed by atoms with Gasteiger partial charge in [0.2, 0.25) is 12.1 Å². The lowest BCUT2D eigenvalue weighted by atomic mass is 10.2. The summed E-state index contributed by atoms with van der Waals surface area (Å²) in [4.78, 5) is 14.7. The number of rotatable bonds is 3. The lowest BCUT2D eigenvalue weighted by Gasteiger charge is -2.15. The molecule has 3 aromatic rings. The number of fused-ring (bicyclic) bond motifs is 2. The number of nitrogens with zero attached hydrogens (tertiary/aromatic N) is 3. The molecule has 0 bridgehead atoms. The van der Waals surface area contributed by atoms with Gasteiger partial charge in [0.05, 0.1) is 0 Å². The number of aromatic hydroxyl groups is 2. The van der Waals surface area contributed by atoms with E-state index in [0.717, 1.165) is 17.7 Å². The van der Waals surface area contributed by atoms with Crippen molar-refractivity contribution >= 4 is 22.5 Å². The van der Waals surface area contributed by atoms with Gasteiger partial charge in [0.15, 0.2) is 11.9 Å². The van der Waals surface area contributed by atoms with Crippen LogP contribution in [0.2, 0.25) is 0 Å². The Labute approximate surface area is 151 Å². The lowest BCUT2D eigenvalue weighted by Crippen LogP contribution is -2.51. The quantitative estimate of drug-likeness (QED) is 0.702. The molecule has 1 aromatic heterocycles. The molecule has 0 saturated heterocycles. The Morgan fingerprint density at radius 2 is 1.81 bits per heavy atom. The fourth-order valence-corrected chi connectivity index (χ4v) is 3.66. The van der Waals surface area contributed by atoms with Crippen LogP contribution in [0.25, 0.3) is 10.9 Å². The van der Waals surface area contributed by atoms with Crippen LogP contribution in [0, 0.1) is 0 Å². The molecule has 6 nitrogen and oxygen atoms in total. The van der Waals surface area contributed by atoms with Gasteiger partial charge in [-0.2, -0.15) is 0 Å². The fourth-order valence-electron chi connectivity index (χ4n) is 3.66. The molecule has 2 aromatic carbocycles. The summed E-state index contributed by atoms with van der Waals surface area (Å²) < 4.78 is 2.95. The van der Waals surface area contributed by atoms with Crippen molar-refractivity contribution in [2.75, 3.05) is 11.4 Å². The Hall–Kier alpha value is -3.15. The first kappa shape index (κ1) is 16.3. The molecule has 6 heteroatoms. The Morgan fingerprint density at radius 1 is 1.08 bits per heavy atom. The predicted octanol–water partition coefficient (Wildman–Crippen LogP) is 1.44. The SMILES string of the molecule is CC[n+]1c(O)c2ccccc2[n+](CC(=O)N2CCc3ccccc32)c1O. The molecule has 132 valence electrons. The molecule has 0 unspecified atom stereocenters. The summed E-state index contributed by atoms with van der Waals surface area (Å²) in [7, 11) is 0. The maximum absolute atomic E-state index is 13.0. The number of benzene rings is 2. The summed E-state index contributed by atoms with van der Waals surface area (Å²) >= 11 is 0. The molecule has 0 radical (unpaired) electrons. The molecule has 26 heavy (non-hydrogen) atoms. The molecular weight excluding hydrogens is 330 g/mol. The van der Waals surface area contributed by atoms with Gasteiger partial charge in [0.1, 0.15) is 0 Å². The Kier molecular flexibility index (Phi) is 3.95. The normalized spacial score (nSPS) is 13.2. The Bertz CT molecular complexity index is 1020. The summed E-state index contributed by atoms with van der Waals surface area (Å²) in [6.07, 6.45) is 0.837. The number of hydrogen-bond acceptors (Lipinski definition) is 3. The van der Waals surface area contributed by atoms with Crippen LogP contribution in [-0.4, -0.2) is 22.7 Å². The zero-order valence-electron chi connectivity index (χ0n) is 14.6. The number of anilines is 1. The average Bonchev–Trinajstić information content (AvgIpc) is 3.10. The van der Waals surface area contributed by atoms with Crippen LogP contribution in [0.1, 0.15) is 12.5 Å². The standard InChI is InChI=1S/C20H19N3O3/c1-2-21-19(25)15-8-4-6-10-17(15)23(20(21)26)13-18(24)22-12-11-14-7-3-5-9-16(14)22/h3-10H,2,11-13H2,1H3/p+2. The number of para-hydroxylation sites is 2. The van der Waals surface area contributed by atoms with Crippen molar-refractivity contribution in [3.63, 3.8) is 0 Å². The van der Waals surface area contributed by atoms with E-state index in [1.54, 1.807) is 21.6 Å². The van der Waals surface area contributed by atoms with Gasteiger partial charge < -0.3 is 15.1 Å². The van der Waals surface area contributed by atoms with Crippen LogP contribution < -0.4 is 14.0 Å². The van der Waals surface area contributed by atoms with Crippen molar-refractivity contribution < 1.29 is 24.1 Å². The van der Waals surface area contributed by atoms with E-state index >= 15 is 0 Å².